The summed E-state index contributed by atoms with van der Waals surface area (Å²) in [6.07, 6.45) is 0. The van der Waals surface area contributed by atoms with Crippen molar-refractivity contribution in [3.63, 3.8) is 0 Å². The van der Waals surface area contributed by atoms with Gasteiger partial charge >= 0.3 is 0 Å². The molecule has 1 aromatic heterocycles. The molecule has 0 fully saturated rings. The molecule has 1 heterocycles. The second-order valence-electron chi connectivity index (χ2n) is 3.16. The van der Waals surface area contributed by atoms with E-state index in [1.165, 1.54) is 11.3 Å². The fraction of sp³-hybridized carbons (Fsp3) is 0.0909. The first-order chi connectivity index (χ1) is 7.22. The number of allylic oxidation sites excluding steroid dienone is 2. The Morgan fingerprint density at radius 3 is 2.80 bits per heavy atom. The average molecular weight is 215 g/mol. The van der Waals surface area contributed by atoms with Crippen LogP contribution in [-0.2, 0) is 0 Å². The number of para-hydroxylation sites is 1. The molecule has 0 spiro atoms. The highest BCUT2D eigenvalue weighted by molar-refractivity contribution is 7.19. The molecule has 0 saturated carbocycles. The fourth-order valence-corrected chi connectivity index (χ4v) is 2.31. The molecule has 4 heteroatoms. The molecule has 0 amide bonds. The third kappa shape index (κ3) is 1.69. The van der Waals surface area contributed by atoms with Crippen LogP contribution in [0, 0.1) is 11.3 Å². The quantitative estimate of drug-likeness (QED) is 0.743. The van der Waals surface area contributed by atoms with Gasteiger partial charge in [-0.1, -0.05) is 12.1 Å². The summed E-state index contributed by atoms with van der Waals surface area (Å²) >= 11 is 1.49. The van der Waals surface area contributed by atoms with E-state index in [2.05, 4.69) is 11.1 Å². The van der Waals surface area contributed by atoms with Crippen LogP contribution >= 0.6 is 11.3 Å². The molecule has 0 bridgehead atoms. The number of aromatic nitrogens is 1. The molecule has 0 aliphatic heterocycles. The highest BCUT2D eigenvalue weighted by atomic mass is 32.1. The Morgan fingerprint density at radius 2 is 2.20 bits per heavy atom. The van der Waals surface area contributed by atoms with Gasteiger partial charge in [0.1, 0.15) is 16.6 Å². The van der Waals surface area contributed by atoms with Crippen LogP contribution in [0.25, 0.3) is 15.8 Å². The van der Waals surface area contributed by atoms with E-state index in [4.69, 9.17) is 11.0 Å². The van der Waals surface area contributed by atoms with Crippen LogP contribution in [0.5, 0.6) is 0 Å². The lowest BCUT2D eigenvalue weighted by molar-refractivity contribution is 1.30. The second-order valence-corrected chi connectivity index (χ2v) is 4.19. The molecule has 2 N–H and O–H groups in total. The van der Waals surface area contributed by atoms with Gasteiger partial charge in [0.05, 0.1) is 10.2 Å². The number of hydrogen-bond donors (Lipinski definition) is 1. The van der Waals surface area contributed by atoms with E-state index in [1.54, 1.807) is 6.92 Å². The summed E-state index contributed by atoms with van der Waals surface area (Å²) in [5.74, 6) is 0. The Hall–Kier alpha value is -1.86. The molecule has 0 saturated heterocycles. The second kappa shape index (κ2) is 3.71. The summed E-state index contributed by atoms with van der Waals surface area (Å²) < 4.78 is 1.07. The molecule has 2 aromatic rings. The number of nitrogens with two attached hydrogens (primary N) is 1. The van der Waals surface area contributed by atoms with Gasteiger partial charge in [0.15, 0.2) is 0 Å². The van der Waals surface area contributed by atoms with Gasteiger partial charge in [0.2, 0.25) is 0 Å². The van der Waals surface area contributed by atoms with Crippen molar-refractivity contribution in [2.75, 3.05) is 0 Å². The first-order valence-corrected chi connectivity index (χ1v) is 5.26. The molecule has 2 rings (SSSR count). The van der Waals surface area contributed by atoms with E-state index < -0.39 is 0 Å². The van der Waals surface area contributed by atoms with Gasteiger partial charge in [0.25, 0.3) is 0 Å². The van der Waals surface area contributed by atoms with Crippen molar-refractivity contribution < 1.29 is 0 Å². The van der Waals surface area contributed by atoms with E-state index in [1.807, 2.05) is 24.3 Å². The van der Waals surface area contributed by atoms with Crippen molar-refractivity contribution in [3.8, 4) is 6.07 Å². The summed E-state index contributed by atoms with van der Waals surface area (Å²) in [7, 11) is 0. The third-order valence-electron chi connectivity index (χ3n) is 2.01. The standard InChI is InChI=1S/C11H9N3S/c1-7(13)8(6-12)11-14-9-4-2-3-5-10(9)15-11/h2-5H,13H2,1H3/b8-7-. The first-order valence-electron chi connectivity index (χ1n) is 4.45. The van der Waals surface area contributed by atoms with Gasteiger partial charge in [-0.25, -0.2) is 4.98 Å². The van der Waals surface area contributed by atoms with Crippen molar-refractivity contribution in [2.24, 2.45) is 5.73 Å². The molecule has 15 heavy (non-hydrogen) atoms. The minimum Gasteiger partial charge on any atom is -0.401 e. The van der Waals surface area contributed by atoms with Crippen LogP contribution in [0.1, 0.15) is 11.9 Å². The smallest absolute Gasteiger partial charge is 0.136 e. The van der Waals surface area contributed by atoms with Gasteiger partial charge in [0, 0.05) is 5.70 Å². The Kier molecular flexibility index (Phi) is 2.40. The number of benzene rings is 1. The zero-order valence-electron chi connectivity index (χ0n) is 8.19. The number of nitrogens with zero attached hydrogens (tertiary/aromatic N) is 2. The molecule has 0 atom stereocenters. The SMILES string of the molecule is C/C(N)=C(\C#N)c1nc2ccccc2s1. The highest BCUT2D eigenvalue weighted by Gasteiger charge is 2.09. The summed E-state index contributed by atoms with van der Waals surface area (Å²) in [4.78, 5) is 4.36. The zero-order valence-corrected chi connectivity index (χ0v) is 9.01. The zero-order chi connectivity index (χ0) is 10.8. The maximum Gasteiger partial charge on any atom is 0.136 e. The van der Waals surface area contributed by atoms with Crippen LogP contribution in [0.15, 0.2) is 30.0 Å². The summed E-state index contributed by atoms with van der Waals surface area (Å²) in [6, 6.07) is 9.87. The summed E-state index contributed by atoms with van der Waals surface area (Å²) in [5, 5.41) is 9.65. The van der Waals surface area contributed by atoms with Gasteiger partial charge in [-0.2, -0.15) is 5.26 Å². The normalized spacial score (nSPS) is 12.3. The lowest BCUT2D eigenvalue weighted by atomic mass is 10.2. The van der Waals surface area contributed by atoms with E-state index in [-0.39, 0.29) is 0 Å². The van der Waals surface area contributed by atoms with Crippen molar-refractivity contribution >= 4 is 27.1 Å². The van der Waals surface area contributed by atoms with Crippen LogP contribution in [0.2, 0.25) is 0 Å². The summed E-state index contributed by atoms with van der Waals surface area (Å²) in [6.45, 7) is 1.71. The molecule has 1 aromatic carbocycles. The largest absolute Gasteiger partial charge is 0.401 e. The number of nitriles is 1. The van der Waals surface area contributed by atoms with E-state index in [9.17, 15) is 0 Å². The van der Waals surface area contributed by atoms with Crippen LogP contribution in [-0.4, -0.2) is 4.98 Å². The molecule has 0 radical (unpaired) electrons. The topological polar surface area (TPSA) is 62.7 Å². The van der Waals surface area contributed by atoms with Gasteiger partial charge in [-0.05, 0) is 19.1 Å². The fourth-order valence-electron chi connectivity index (χ4n) is 1.28. The Labute approximate surface area is 91.5 Å². The molecule has 0 aliphatic carbocycles. The minimum atomic E-state index is 0.469. The Bertz CT molecular complexity index is 538. The third-order valence-corrected chi connectivity index (χ3v) is 3.07. The van der Waals surface area contributed by atoms with Crippen molar-refractivity contribution in [2.45, 2.75) is 6.92 Å². The Morgan fingerprint density at radius 1 is 1.47 bits per heavy atom. The van der Waals surface area contributed by atoms with Crippen LogP contribution < -0.4 is 5.73 Å². The minimum absolute atomic E-state index is 0.469. The van der Waals surface area contributed by atoms with Gasteiger partial charge in [-0.3, -0.25) is 0 Å². The predicted octanol–water partition coefficient (Wildman–Crippen LogP) is 2.51. The maximum absolute atomic E-state index is 8.95. The summed E-state index contributed by atoms with van der Waals surface area (Å²) in [5.41, 5.74) is 7.51. The van der Waals surface area contributed by atoms with Gasteiger partial charge < -0.3 is 5.73 Å². The number of rotatable bonds is 1. The number of hydrogen-bond acceptors (Lipinski definition) is 4. The molecule has 74 valence electrons. The average Bonchev–Trinajstić information content (AvgIpc) is 2.61. The maximum atomic E-state index is 8.95. The number of thiazole rings is 1. The molecular formula is C11H9N3S. The predicted molar refractivity (Wildman–Crippen MR) is 62.0 cm³/mol. The van der Waals surface area contributed by atoms with Crippen LogP contribution in [0.3, 0.4) is 0 Å². The molecule has 3 nitrogen and oxygen atoms in total. The first kappa shape index (κ1) is 9.69. The van der Waals surface area contributed by atoms with Crippen LogP contribution in [0.4, 0.5) is 0 Å². The molecular weight excluding hydrogens is 206 g/mol. The lowest BCUT2D eigenvalue weighted by Crippen LogP contribution is -1.95. The highest BCUT2D eigenvalue weighted by Crippen LogP contribution is 2.27. The molecule has 0 aliphatic rings. The van der Waals surface area contributed by atoms with E-state index >= 15 is 0 Å². The van der Waals surface area contributed by atoms with Crippen molar-refractivity contribution in [3.05, 3.63) is 35.0 Å². The van der Waals surface area contributed by atoms with E-state index in [0.717, 1.165) is 10.2 Å². The van der Waals surface area contributed by atoms with Gasteiger partial charge in [-0.15, -0.1) is 11.3 Å². The number of fused-ring (bicyclic) bond motifs is 1. The van der Waals surface area contributed by atoms with Crippen molar-refractivity contribution in [1.29, 1.82) is 5.26 Å². The monoisotopic (exact) mass is 215 g/mol. The molecule has 0 unspecified atom stereocenters. The Balaban J connectivity index is 2.65. The van der Waals surface area contributed by atoms with Crippen molar-refractivity contribution in [1.82, 2.24) is 4.98 Å². The lowest BCUT2D eigenvalue weighted by Gasteiger charge is -1.93. The van der Waals surface area contributed by atoms with E-state index in [0.29, 0.717) is 16.3 Å².